The molecule has 11 heavy (non-hydrogen) atoms. The molecular formula is C8H9FIN. The Morgan fingerprint density at radius 2 is 2.18 bits per heavy atom. The van der Waals surface area contributed by atoms with E-state index >= 15 is 0 Å². The van der Waals surface area contributed by atoms with Gasteiger partial charge in [0.1, 0.15) is 5.82 Å². The van der Waals surface area contributed by atoms with Crippen molar-refractivity contribution in [2.24, 2.45) is 5.73 Å². The molecule has 1 aromatic carbocycles. The highest BCUT2D eigenvalue weighted by Crippen LogP contribution is 2.17. The van der Waals surface area contributed by atoms with Gasteiger partial charge in [-0.25, -0.2) is 4.39 Å². The molecule has 0 radical (unpaired) electrons. The molecular weight excluding hydrogens is 256 g/mol. The molecule has 1 nitrogen and oxygen atoms in total. The van der Waals surface area contributed by atoms with Crippen LogP contribution in [0.4, 0.5) is 4.39 Å². The highest BCUT2D eigenvalue weighted by molar-refractivity contribution is 14.1. The lowest BCUT2D eigenvalue weighted by Gasteiger charge is -2.06. The number of halogens is 2. The van der Waals surface area contributed by atoms with Gasteiger partial charge in [0.05, 0.1) is 0 Å². The van der Waals surface area contributed by atoms with Gasteiger partial charge in [0.25, 0.3) is 0 Å². The molecule has 0 aliphatic carbocycles. The Kier molecular flexibility index (Phi) is 2.84. The Morgan fingerprint density at radius 3 is 2.64 bits per heavy atom. The van der Waals surface area contributed by atoms with Crippen molar-refractivity contribution >= 4 is 22.6 Å². The summed E-state index contributed by atoms with van der Waals surface area (Å²) in [6, 6.07) is 4.70. The van der Waals surface area contributed by atoms with E-state index < -0.39 is 0 Å². The number of rotatable bonds is 1. The molecule has 0 aromatic heterocycles. The Morgan fingerprint density at radius 1 is 1.55 bits per heavy atom. The maximum atomic E-state index is 12.9. The molecule has 0 spiro atoms. The Balaban J connectivity index is 3.13. The van der Waals surface area contributed by atoms with E-state index in [0.29, 0.717) is 5.56 Å². The van der Waals surface area contributed by atoms with Crippen molar-refractivity contribution in [2.45, 2.75) is 13.0 Å². The number of hydrogen-bond acceptors (Lipinski definition) is 1. The summed E-state index contributed by atoms with van der Waals surface area (Å²) in [5, 5.41) is 0. The molecule has 2 N–H and O–H groups in total. The monoisotopic (exact) mass is 265 g/mol. The summed E-state index contributed by atoms with van der Waals surface area (Å²) in [6.45, 7) is 1.77. The lowest BCUT2D eigenvalue weighted by atomic mass is 10.1. The molecule has 0 aliphatic rings. The van der Waals surface area contributed by atoms with Crippen molar-refractivity contribution in [1.29, 1.82) is 0 Å². The first-order chi connectivity index (χ1) is 5.11. The first kappa shape index (κ1) is 8.93. The minimum atomic E-state index is -0.232. The van der Waals surface area contributed by atoms with Crippen molar-refractivity contribution in [3.8, 4) is 0 Å². The Bertz CT molecular complexity index is 260. The van der Waals surface area contributed by atoms with Gasteiger partial charge in [-0.1, -0.05) is 0 Å². The smallest absolute Gasteiger partial charge is 0.128 e. The van der Waals surface area contributed by atoms with Crippen LogP contribution < -0.4 is 5.73 Å². The normalized spacial score (nSPS) is 13.1. The van der Waals surface area contributed by atoms with E-state index in [1.54, 1.807) is 19.1 Å². The minimum absolute atomic E-state index is 0.222. The average Bonchev–Trinajstić information content (AvgIpc) is 1.94. The summed E-state index contributed by atoms with van der Waals surface area (Å²) < 4.78 is 13.9. The van der Waals surface area contributed by atoms with Crippen molar-refractivity contribution in [3.63, 3.8) is 0 Å². The molecule has 1 atom stereocenters. The van der Waals surface area contributed by atoms with Gasteiger partial charge < -0.3 is 5.73 Å². The largest absolute Gasteiger partial charge is 0.324 e. The SMILES string of the molecule is CC(N)c1cc(I)ccc1F. The zero-order valence-corrected chi connectivity index (χ0v) is 8.30. The first-order valence-corrected chi connectivity index (χ1v) is 4.39. The zero-order chi connectivity index (χ0) is 8.43. The average molecular weight is 265 g/mol. The topological polar surface area (TPSA) is 26.0 Å². The number of benzene rings is 1. The molecule has 0 aliphatic heterocycles. The van der Waals surface area contributed by atoms with Gasteiger partial charge in [0.2, 0.25) is 0 Å². The van der Waals surface area contributed by atoms with Crippen LogP contribution in [0.25, 0.3) is 0 Å². The Labute approximate surface area is 78.9 Å². The fourth-order valence-corrected chi connectivity index (χ4v) is 1.38. The van der Waals surface area contributed by atoms with E-state index in [-0.39, 0.29) is 11.9 Å². The lowest BCUT2D eigenvalue weighted by molar-refractivity contribution is 0.593. The van der Waals surface area contributed by atoms with Crippen molar-refractivity contribution in [2.75, 3.05) is 0 Å². The summed E-state index contributed by atoms with van der Waals surface area (Å²) in [5.41, 5.74) is 6.12. The van der Waals surface area contributed by atoms with Crippen LogP contribution in [-0.4, -0.2) is 0 Å². The quantitative estimate of drug-likeness (QED) is 0.775. The summed E-state index contributed by atoms with van der Waals surface area (Å²) in [5.74, 6) is -0.222. The molecule has 1 unspecified atom stereocenters. The third kappa shape index (κ3) is 2.13. The molecule has 0 heterocycles. The van der Waals surface area contributed by atoms with Crippen LogP contribution in [0.5, 0.6) is 0 Å². The maximum Gasteiger partial charge on any atom is 0.128 e. The molecule has 1 rings (SSSR count). The van der Waals surface area contributed by atoms with Gasteiger partial charge >= 0.3 is 0 Å². The summed E-state index contributed by atoms with van der Waals surface area (Å²) in [7, 11) is 0. The van der Waals surface area contributed by atoms with Gasteiger partial charge in [-0.2, -0.15) is 0 Å². The maximum absolute atomic E-state index is 12.9. The first-order valence-electron chi connectivity index (χ1n) is 3.32. The van der Waals surface area contributed by atoms with E-state index in [0.717, 1.165) is 3.57 Å². The van der Waals surface area contributed by atoms with Crippen LogP contribution in [0.2, 0.25) is 0 Å². The molecule has 0 fully saturated rings. The third-order valence-electron chi connectivity index (χ3n) is 1.45. The fourth-order valence-electron chi connectivity index (χ4n) is 0.864. The predicted octanol–water partition coefficient (Wildman–Crippen LogP) is 2.45. The molecule has 0 saturated carbocycles. The zero-order valence-electron chi connectivity index (χ0n) is 6.14. The van der Waals surface area contributed by atoms with E-state index in [1.165, 1.54) is 6.07 Å². The molecule has 60 valence electrons. The number of hydrogen-bond donors (Lipinski definition) is 1. The van der Waals surface area contributed by atoms with Gasteiger partial charge in [-0.3, -0.25) is 0 Å². The second kappa shape index (κ2) is 3.49. The van der Waals surface area contributed by atoms with E-state index in [1.807, 2.05) is 0 Å². The molecule has 3 heteroatoms. The highest BCUT2D eigenvalue weighted by Gasteiger charge is 2.05. The van der Waals surface area contributed by atoms with Crippen LogP contribution in [0.3, 0.4) is 0 Å². The number of nitrogens with two attached hydrogens (primary N) is 1. The second-order valence-corrected chi connectivity index (χ2v) is 3.70. The highest BCUT2D eigenvalue weighted by atomic mass is 127. The predicted molar refractivity (Wildman–Crippen MR) is 51.7 cm³/mol. The Hall–Kier alpha value is -0.160. The van der Waals surface area contributed by atoms with Crippen LogP contribution in [0.1, 0.15) is 18.5 Å². The van der Waals surface area contributed by atoms with E-state index in [4.69, 9.17) is 5.73 Å². The molecule has 0 amide bonds. The summed E-state index contributed by atoms with van der Waals surface area (Å²) >= 11 is 2.13. The molecule has 0 saturated heterocycles. The van der Waals surface area contributed by atoms with Crippen molar-refractivity contribution < 1.29 is 4.39 Å². The second-order valence-electron chi connectivity index (χ2n) is 2.45. The van der Waals surface area contributed by atoms with E-state index in [2.05, 4.69) is 22.6 Å². The van der Waals surface area contributed by atoms with Gasteiger partial charge in [-0.05, 0) is 47.7 Å². The van der Waals surface area contributed by atoms with Gasteiger partial charge in [-0.15, -0.1) is 0 Å². The van der Waals surface area contributed by atoms with Crippen LogP contribution in [-0.2, 0) is 0 Å². The minimum Gasteiger partial charge on any atom is -0.324 e. The van der Waals surface area contributed by atoms with E-state index in [9.17, 15) is 4.39 Å². The van der Waals surface area contributed by atoms with Crippen molar-refractivity contribution in [1.82, 2.24) is 0 Å². The third-order valence-corrected chi connectivity index (χ3v) is 2.12. The van der Waals surface area contributed by atoms with Gasteiger partial charge in [0.15, 0.2) is 0 Å². The summed E-state index contributed by atoms with van der Waals surface area (Å²) in [6.07, 6.45) is 0. The van der Waals surface area contributed by atoms with Gasteiger partial charge in [0, 0.05) is 15.2 Å². The van der Waals surface area contributed by atoms with Crippen LogP contribution in [0.15, 0.2) is 18.2 Å². The van der Waals surface area contributed by atoms with Crippen LogP contribution in [0, 0.1) is 9.39 Å². The molecule has 0 bridgehead atoms. The fraction of sp³-hybridized carbons (Fsp3) is 0.250. The molecule has 1 aromatic rings. The van der Waals surface area contributed by atoms with Crippen LogP contribution >= 0.6 is 22.6 Å². The van der Waals surface area contributed by atoms with Crippen molar-refractivity contribution in [3.05, 3.63) is 33.1 Å². The lowest BCUT2D eigenvalue weighted by Crippen LogP contribution is -2.07. The summed E-state index contributed by atoms with van der Waals surface area (Å²) in [4.78, 5) is 0. The standard InChI is InChI=1S/C8H9FIN/c1-5(11)7-4-6(10)2-3-8(7)9/h2-5H,11H2,1H3.